The molecule has 1 atom stereocenters. The topological polar surface area (TPSA) is 68.5 Å². The van der Waals surface area contributed by atoms with Gasteiger partial charge < -0.3 is 5.32 Å². The molecule has 2 rings (SSSR count). The highest BCUT2D eigenvalue weighted by atomic mass is 35.5. The van der Waals surface area contributed by atoms with Gasteiger partial charge in [-0.15, -0.1) is 6.42 Å². The number of anilines is 1. The highest BCUT2D eigenvalue weighted by Gasteiger charge is 2.07. The van der Waals surface area contributed by atoms with Gasteiger partial charge >= 0.3 is 0 Å². The molecule has 1 unspecified atom stereocenters. The monoisotopic (exact) mass is 248 g/mol. The van der Waals surface area contributed by atoms with Gasteiger partial charge in [0.25, 0.3) is 0 Å². The molecule has 0 amide bonds. The minimum atomic E-state index is -0.191. The lowest BCUT2D eigenvalue weighted by Crippen LogP contribution is -2.16. The third-order valence-electron chi connectivity index (χ3n) is 1.93. The normalized spacial score (nSPS) is 11.8. The largest absolute Gasteiger partial charge is 0.341 e. The predicted molar refractivity (Wildman–Crippen MR) is 63.9 cm³/mol. The Labute approximate surface area is 103 Å². The molecule has 86 valence electrons. The van der Waals surface area contributed by atoms with E-state index < -0.39 is 0 Å². The van der Waals surface area contributed by atoms with E-state index in [2.05, 4.69) is 31.2 Å². The highest BCUT2D eigenvalue weighted by molar-refractivity contribution is 6.28. The molecule has 17 heavy (non-hydrogen) atoms. The second kappa shape index (κ2) is 4.80. The van der Waals surface area contributed by atoms with E-state index in [4.69, 9.17) is 18.0 Å². The lowest BCUT2D eigenvalue weighted by atomic mass is 10.4. The van der Waals surface area contributed by atoms with Gasteiger partial charge in [0, 0.05) is 12.4 Å². The van der Waals surface area contributed by atoms with Gasteiger partial charge in [-0.2, -0.15) is 15.0 Å². The van der Waals surface area contributed by atoms with Crippen LogP contribution in [0.4, 0.5) is 5.95 Å². The van der Waals surface area contributed by atoms with Crippen LogP contribution in [0, 0.1) is 12.3 Å². The van der Waals surface area contributed by atoms with Gasteiger partial charge in [-0.1, -0.05) is 5.92 Å². The number of hydrogen-bond donors (Lipinski definition) is 1. The van der Waals surface area contributed by atoms with E-state index in [-0.39, 0.29) is 11.3 Å². The van der Waals surface area contributed by atoms with Crippen LogP contribution >= 0.6 is 11.6 Å². The summed E-state index contributed by atoms with van der Waals surface area (Å²) in [4.78, 5) is 16.0. The van der Waals surface area contributed by atoms with Crippen LogP contribution in [0.25, 0.3) is 5.95 Å². The molecule has 6 nitrogen and oxygen atoms in total. The highest BCUT2D eigenvalue weighted by Crippen LogP contribution is 2.09. The molecule has 0 aromatic carbocycles. The summed E-state index contributed by atoms with van der Waals surface area (Å²) in [5, 5.41) is 3.01. The van der Waals surface area contributed by atoms with Crippen LogP contribution in [0.2, 0.25) is 5.28 Å². The van der Waals surface area contributed by atoms with Gasteiger partial charge in [0.15, 0.2) is 0 Å². The molecule has 0 radical (unpaired) electrons. The Kier molecular flexibility index (Phi) is 3.21. The van der Waals surface area contributed by atoms with Crippen LogP contribution in [-0.4, -0.2) is 30.5 Å². The molecule has 0 aliphatic rings. The fourth-order valence-corrected chi connectivity index (χ4v) is 1.29. The first-order valence-electron chi connectivity index (χ1n) is 4.81. The van der Waals surface area contributed by atoms with Crippen molar-refractivity contribution in [2.45, 2.75) is 13.0 Å². The minimum absolute atomic E-state index is 0.0930. The summed E-state index contributed by atoms with van der Waals surface area (Å²) in [6.45, 7) is 1.81. The first kappa shape index (κ1) is 11.4. The molecule has 2 heterocycles. The number of hydrogen-bond acceptors (Lipinski definition) is 5. The third kappa shape index (κ3) is 2.71. The molecule has 1 N–H and O–H groups in total. The van der Waals surface area contributed by atoms with Gasteiger partial charge in [-0.25, -0.2) is 4.98 Å². The van der Waals surface area contributed by atoms with Crippen LogP contribution < -0.4 is 5.32 Å². The SMILES string of the molecule is C#CC(C)Nc1nc(Cl)nc(-n2ccnc2)n1. The zero-order valence-electron chi connectivity index (χ0n) is 9.00. The third-order valence-corrected chi connectivity index (χ3v) is 2.10. The Morgan fingerprint density at radius 3 is 2.94 bits per heavy atom. The number of nitrogens with one attached hydrogen (secondary N) is 1. The summed E-state index contributed by atoms with van der Waals surface area (Å²) in [5.41, 5.74) is 0. The minimum Gasteiger partial charge on any atom is -0.341 e. The maximum atomic E-state index is 5.81. The van der Waals surface area contributed by atoms with E-state index in [1.54, 1.807) is 23.3 Å². The first-order valence-corrected chi connectivity index (χ1v) is 5.19. The molecule has 0 spiro atoms. The van der Waals surface area contributed by atoms with Crippen LogP contribution in [0.3, 0.4) is 0 Å². The van der Waals surface area contributed by atoms with Crippen LogP contribution in [0.1, 0.15) is 6.92 Å². The molecular weight excluding hydrogens is 240 g/mol. The smallest absolute Gasteiger partial charge is 0.241 e. The summed E-state index contributed by atoms with van der Waals surface area (Å²) in [6.07, 6.45) is 10.2. The van der Waals surface area contributed by atoms with E-state index in [0.717, 1.165) is 0 Å². The Morgan fingerprint density at radius 1 is 1.47 bits per heavy atom. The van der Waals surface area contributed by atoms with Crippen LogP contribution in [0.15, 0.2) is 18.7 Å². The lowest BCUT2D eigenvalue weighted by molar-refractivity contribution is 0.879. The number of rotatable bonds is 3. The van der Waals surface area contributed by atoms with Crippen molar-refractivity contribution in [3.05, 3.63) is 24.0 Å². The second-order valence-electron chi connectivity index (χ2n) is 3.23. The van der Waals surface area contributed by atoms with Gasteiger partial charge in [0.1, 0.15) is 6.33 Å². The summed E-state index contributed by atoms with van der Waals surface area (Å²) in [5.74, 6) is 3.23. The zero-order chi connectivity index (χ0) is 12.3. The average Bonchev–Trinajstić information content (AvgIpc) is 2.81. The van der Waals surface area contributed by atoms with E-state index in [1.165, 1.54) is 0 Å². The molecule has 0 saturated carbocycles. The average molecular weight is 249 g/mol. The second-order valence-corrected chi connectivity index (χ2v) is 3.57. The Hall–Kier alpha value is -2.13. The maximum absolute atomic E-state index is 5.81. The Balaban J connectivity index is 2.34. The number of nitrogens with zero attached hydrogens (tertiary/aromatic N) is 5. The van der Waals surface area contributed by atoms with Crippen molar-refractivity contribution in [3.8, 4) is 18.3 Å². The Bertz CT molecular complexity index is 544. The summed E-state index contributed by atoms with van der Waals surface area (Å²) in [7, 11) is 0. The summed E-state index contributed by atoms with van der Waals surface area (Å²) < 4.78 is 1.62. The van der Waals surface area contributed by atoms with Crippen molar-refractivity contribution in [2.75, 3.05) is 5.32 Å². The van der Waals surface area contributed by atoms with Gasteiger partial charge in [-0.05, 0) is 18.5 Å². The van der Waals surface area contributed by atoms with E-state index >= 15 is 0 Å². The van der Waals surface area contributed by atoms with Gasteiger partial charge in [0.2, 0.25) is 17.2 Å². The molecule has 2 aromatic heterocycles. The van der Waals surface area contributed by atoms with Crippen molar-refractivity contribution in [1.29, 1.82) is 0 Å². The van der Waals surface area contributed by atoms with E-state index in [9.17, 15) is 0 Å². The number of imidazole rings is 1. The Morgan fingerprint density at radius 2 is 2.29 bits per heavy atom. The van der Waals surface area contributed by atoms with Crippen LogP contribution in [-0.2, 0) is 0 Å². The maximum Gasteiger partial charge on any atom is 0.241 e. The molecule has 7 heteroatoms. The van der Waals surface area contributed by atoms with Gasteiger partial charge in [0.05, 0.1) is 6.04 Å². The summed E-state index contributed by atoms with van der Waals surface area (Å²) in [6, 6.07) is -0.191. The molecule has 2 aromatic rings. The van der Waals surface area contributed by atoms with Crippen molar-refractivity contribution in [1.82, 2.24) is 24.5 Å². The van der Waals surface area contributed by atoms with Crippen LogP contribution in [0.5, 0.6) is 0 Å². The van der Waals surface area contributed by atoms with E-state index in [0.29, 0.717) is 11.9 Å². The fourth-order valence-electron chi connectivity index (χ4n) is 1.13. The predicted octanol–water partition coefficient (Wildman–Crippen LogP) is 1.14. The number of aromatic nitrogens is 5. The van der Waals surface area contributed by atoms with E-state index in [1.807, 2.05) is 6.92 Å². The van der Waals surface area contributed by atoms with Crippen molar-refractivity contribution >= 4 is 17.5 Å². The lowest BCUT2D eigenvalue weighted by Gasteiger charge is -2.08. The first-order chi connectivity index (χ1) is 8.19. The molecule has 0 fully saturated rings. The molecule has 0 aliphatic heterocycles. The fraction of sp³-hybridized carbons (Fsp3) is 0.200. The summed E-state index contributed by atoms with van der Waals surface area (Å²) >= 11 is 5.81. The molecule has 0 saturated heterocycles. The number of halogens is 1. The van der Waals surface area contributed by atoms with Crippen molar-refractivity contribution < 1.29 is 0 Å². The standard InChI is InChI=1S/C10H9ClN6/c1-3-7(2)13-9-14-8(11)15-10(16-9)17-5-4-12-6-17/h1,4-7H,2H3,(H,13,14,15,16). The van der Waals surface area contributed by atoms with Crippen molar-refractivity contribution in [2.24, 2.45) is 0 Å². The molecule has 0 bridgehead atoms. The number of terminal acetylenes is 1. The molecule has 0 aliphatic carbocycles. The quantitative estimate of drug-likeness (QED) is 0.825. The van der Waals surface area contributed by atoms with Gasteiger partial charge in [-0.3, -0.25) is 4.57 Å². The zero-order valence-corrected chi connectivity index (χ0v) is 9.76. The molecular formula is C10H9ClN6. The van der Waals surface area contributed by atoms with Crippen molar-refractivity contribution in [3.63, 3.8) is 0 Å².